The molecule has 2 aromatic rings. The molecule has 2 rings (SSSR count). The van der Waals surface area contributed by atoms with Crippen LogP contribution in [0.5, 0.6) is 11.5 Å². The Morgan fingerprint density at radius 3 is 2.55 bits per heavy atom. The molecule has 3 N–H and O–H groups in total. The van der Waals surface area contributed by atoms with Gasteiger partial charge in [0.1, 0.15) is 18.1 Å². The third-order valence-corrected chi connectivity index (χ3v) is 3.04. The van der Waals surface area contributed by atoms with Gasteiger partial charge >= 0.3 is 0 Å². The molecular formula is C16H19NO3. The third-order valence-electron chi connectivity index (χ3n) is 3.04. The molecule has 20 heavy (non-hydrogen) atoms. The molecule has 0 aliphatic rings. The van der Waals surface area contributed by atoms with Crippen molar-refractivity contribution in [3.63, 3.8) is 0 Å². The molecule has 0 aliphatic heterocycles. The van der Waals surface area contributed by atoms with Gasteiger partial charge in [0.25, 0.3) is 0 Å². The van der Waals surface area contributed by atoms with Crippen molar-refractivity contribution in [3.05, 3.63) is 59.7 Å². The summed E-state index contributed by atoms with van der Waals surface area (Å²) in [4.78, 5) is 0. The molecule has 0 aliphatic carbocycles. The van der Waals surface area contributed by atoms with Gasteiger partial charge < -0.3 is 20.3 Å². The summed E-state index contributed by atoms with van der Waals surface area (Å²) >= 11 is 0. The van der Waals surface area contributed by atoms with Crippen LogP contribution in [0.15, 0.2) is 48.5 Å². The van der Waals surface area contributed by atoms with Crippen molar-refractivity contribution in [2.24, 2.45) is 5.73 Å². The first kappa shape index (κ1) is 14.4. The zero-order valence-electron chi connectivity index (χ0n) is 11.5. The first-order valence-corrected chi connectivity index (χ1v) is 6.47. The van der Waals surface area contributed by atoms with Crippen LogP contribution in [-0.2, 0) is 6.61 Å². The molecule has 0 unspecified atom stereocenters. The van der Waals surface area contributed by atoms with Crippen molar-refractivity contribution in [1.82, 2.24) is 0 Å². The van der Waals surface area contributed by atoms with Gasteiger partial charge in [0.05, 0.1) is 13.2 Å². The van der Waals surface area contributed by atoms with E-state index in [1.807, 2.05) is 30.3 Å². The monoisotopic (exact) mass is 273 g/mol. The SMILES string of the molecule is COc1cc(OCc2ccccc2)ccc1[C@@H](O)CN. The smallest absolute Gasteiger partial charge is 0.128 e. The van der Waals surface area contributed by atoms with Crippen LogP contribution in [0.2, 0.25) is 0 Å². The Labute approximate surface area is 118 Å². The van der Waals surface area contributed by atoms with Gasteiger partial charge in [-0.05, 0) is 17.7 Å². The largest absolute Gasteiger partial charge is 0.496 e. The highest BCUT2D eigenvalue weighted by Crippen LogP contribution is 2.29. The molecule has 0 saturated carbocycles. The third kappa shape index (κ3) is 3.50. The number of aliphatic hydroxyl groups is 1. The Bertz CT molecular complexity index is 543. The normalized spacial score (nSPS) is 11.9. The second-order valence-electron chi connectivity index (χ2n) is 4.43. The van der Waals surface area contributed by atoms with E-state index in [1.54, 1.807) is 25.3 Å². The van der Waals surface area contributed by atoms with Gasteiger partial charge in [0.2, 0.25) is 0 Å². The zero-order valence-corrected chi connectivity index (χ0v) is 11.5. The summed E-state index contributed by atoms with van der Waals surface area (Å²) in [5.41, 5.74) is 7.23. The lowest BCUT2D eigenvalue weighted by atomic mass is 10.1. The molecule has 1 atom stereocenters. The molecule has 4 heteroatoms. The van der Waals surface area contributed by atoms with Gasteiger partial charge in [-0.25, -0.2) is 0 Å². The van der Waals surface area contributed by atoms with E-state index < -0.39 is 6.10 Å². The van der Waals surface area contributed by atoms with Crippen LogP contribution >= 0.6 is 0 Å². The maximum absolute atomic E-state index is 9.79. The van der Waals surface area contributed by atoms with Crippen LogP contribution in [0.4, 0.5) is 0 Å². The first-order valence-electron chi connectivity index (χ1n) is 6.47. The van der Waals surface area contributed by atoms with E-state index in [2.05, 4.69) is 0 Å². The van der Waals surface area contributed by atoms with Crippen molar-refractivity contribution in [1.29, 1.82) is 0 Å². The summed E-state index contributed by atoms with van der Waals surface area (Å²) < 4.78 is 11.0. The molecule has 0 spiro atoms. The summed E-state index contributed by atoms with van der Waals surface area (Å²) in [6.07, 6.45) is -0.729. The van der Waals surface area contributed by atoms with Gasteiger partial charge in [0.15, 0.2) is 0 Å². The number of ether oxygens (including phenoxy) is 2. The number of hydrogen-bond donors (Lipinski definition) is 2. The molecule has 0 radical (unpaired) electrons. The van der Waals surface area contributed by atoms with Crippen LogP contribution in [0.3, 0.4) is 0 Å². The van der Waals surface area contributed by atoms with Crippen LogP contribution < -0.4 is 15.2 Å². The molecular weight excluding hydrogens is 254 g/mol. The number of benzene rings is 2. The highest BCUT2D eigenvalue weighted by Gasteiger charge is 2.12. The van der Waals surface area contributed by atoms with Gasteiger partial charge in [-0.2, -0.15) is 0 Å². The summed E-state index contributed by atoms with van der Waals surface area (Å²) in [6, 6.07) is 15.3. The van der Waals surface area contributed by atoms with E-state index in [0.29, 0.717) is 23.7 Å². The minimum atomic E-state index is -0.729. The standard InChI is InChI=1S/C16H19NO3/c1-19-16-9-13(7-8-14(16)15(18)10-17)20-11-12-5-3-2-4-6-12/h2-9,15,18H,10-11,17H2,1H3/t15-/m0/s1. The Morgan fingerprint density at radius 2 is 1.90 bits per heavy atom. The van der Waals surface area contributed by atoms with Crippen molar-refractivity contribution in [2.45, 2.75) is 12.7 Å². The zero-order chi connectivity index (χ0) is 14.4. The molecule has 0 amide bonds. The Kier molecular flexibility index (Phi) is 4.98. The Balaban J connectivity index is 2.09. The molecule has 0 aromatic heterocycles. The lowest BCUT2D eigenvalue weighted by molar-refractivity contribution is 0.182. The van der Waals surface area contributed by atoms with Gasteiger partial charge in [-0.3, -0.25) is 0 Å². The highest BCUT2D eigenvalue weighted by atomic mass is 16.5. The molecule has 0 heterocycles. The summed E-state index contributed by atoms with van der Waals surface area (Å²) in [7, 11) is 1.56. The van der Waals surface area contributed by atoms with Crippen molar-refractivity contribution >= 4 is 0 Å². The molecule has 106 valence electrons. The fourth-order valence-electron chi connectivity index (χ4n) is 1.92. The number of rotatable bonds is 6. The molecule has 0 bridgehead atoms. The van der Waals surface area contributed by atoms with Gasteiger partial charge in [-0.1, -0.05) is 30.3 Å². The molecule has 4 nitrogen and oxygen atoms in total. The van der Waals surface area contributed by atoms with Crippen LogP contribution in [0.25, 0.3) is 0 Å². The lowest BCUT2D eigenvalue weighted by Gasteiger charge is -2.15. The Hall–Kier alpha value is -2.04. The van der Waals surface area contributed by atoms with E-state index in [9.17, 15) is 5.11 Å². The number of aliphatic hydroxyl groups excluding tert-OH is 1. The predicted octanol–water partition coefficient (Wildman–Crippen LogP) is 2.27. The quantitative estimate of drug-likeness (QED) is 0.847. The predicted molar refractivity (Wildman–Crippen MR) is 77.8 cm³/mol. The second kappa shape index (κ2) is 6.93. The highest BCUT2D eigenvalue weighted by molar-refractivity contribution is 5.42. The summed E-state index contributed by atoms with van der Waals surface area (Å²) in [5.74, 6) is 1.27. The van der Waals surface area contributed by atoms with E-state index in [4.69, 9.17) is 15.2 Å². The van der Waals surface area contributed by atoms with E-state index in [0.717, 1.165) is 5.56 Å². The van der Waals surface area contributed by atoms with Crippen LogP contribution in [0, 0.1) is 0 Å². The maximum atomic E-state index is 9.79. The number of methoxy groups -OCH3 is 1. The maximum Gasteiger partial charge on any atom is 0.128 e. The first-order chi connectivity index (χ1) is 9.74. The van der Waals surface area contributed by atoms with Crippen LogP contribution in [0.1, 0.15) is 17.2 Å². The fourth-order valence-corrected chi connectivity index (χ4v) is 1.92. The number of nitrogens with two attached hydrogens (primary N) is 1. The minimum absolute atomic E-state index is 0.153. The van der Waals surface area contributed by atoms with Crippen molar-refractivity contribution in [3.8, 4) is 11.5 Å². The second-order valence-corrected chi connectivity index (χ2v) is 4.43. The van der Waals surface area contributed by atoms with Crippen molar-refractivity contribution < 1.29 is 14.6 Å². The van der Waals surface area contributed by atoms with E-state index in [-0.39, 0.29) is 6.54 Å². The lowest BCUT2D eigenvalue weighted by Crippen LogP contribution is -2.12. The molecule has 2 aromatic carbocycles. The average molecular weight is 273 g/mol. The van der Waals surface area contributed by atoms with E-state index in [1.165, 1.54) is 0 Å². The fraction of sp³-hybridized carbons (Fsp3) is 0.250. The van der Waals surface area contributed by atoms with Gasteiger partial charge in [0, 0.05) is 18.2 Å². The topological polar surface area (TPSA) is 64.7 Å². The van der Waals surface area contributed by atoms with Crippen molar-refractivity contribution in [2.75, 3.05) is 13.7 Å². The average Bonchev–Trinajstić information content (AvgIpc) is 2.52. The summed E-state index contributed by atoms with van der Waals surface area (Å²) in [6.45, 7) is 0.642. The van der Waals surface area contributed by atoms with Gasteiger partial charge in [-0.15, -0.1) is 0 Å². The molecule has 0 fully saturated rings. The minimum Gasteiger partial charge on any atom is -0.496 e. The number of hydrogen-bond acceptors (Lipinski definition) is 4. The summed E-state index contributed by atoms with van der Waals surface area (Å²) in [5, 5.41) is 9.79. The molecule has 0 saturated heterocycles. The Morgan fingerprint density at radius 1 is 1.15 bits per heavy atom. The van der Waals surface area contributed by atoms with E-state index >= 15 is 0 Å². The van der Waals surface area contributed by atoms with Crippen LogP contribution in [-0.4, -0.2) is 18.8 Å².